The number of nitrogens with zero attached hydrogens (tertiary/aromatic N) is 1. The summed E-state index contributed by atoms with van der Waals surface area (Å²) in [7, 11) is -2.22. The van der Waals surface area contributed by atoms with Crippen LogP contribution < -0.4 is 14.8 Å². The van der Waals surface area contributed by atoms with Crippen LogP contribution in [0.1, 0.15) is 11.1 Å². The third-order valence-corrected chi connectivity index (χ3v) is 6.45. The van der Waals surface area contributed by atoms with E-state index in [0.29, 0.717) is 11.3 Å². The Morgan fingerprint density at radius 3 is 2.17 bits per heavy atom. The molecule has 0 atom stereocenters. The molecule has 0 fully saturated rings. The van der Waals surface area contributed by atoms with Crippen molar-refractivity contribution in [3.63, 3.8) is 0 Å². The van der Waals surface area contributed by atoms with Crippen LogP contribution in [0.4, 0.5) is 11.5 Å². The smallest absolute Gasteiger partial charge is 0.263 e. The fourth-order valence-electron chi connectivity index (χ4n) is 3.30. The molecule has 0 aliphatic rings. The van der Waals surface area contributed by atoms with E-state index in [-0.39, 0.29) is 16.6 Å². The van der Waals surface area contributed by atoms with E-state index in [1.54, 1.807) is 43.5 Å². The van der Waals surface area contributed by atoms with Crippen LogP contribution in [0.2, 0.25) is 0 Å². The summed E-state index contributed by atoms with van der Waals surface area (Å²) in [6, 6.07) is 27.6. The largest absolute Gasteiger partial charge is 0.497 e. The van der Waals surface area contributed by atoms with E-state index in [9.17, 15) is 13.2 Å². The Kier molecular flexibility index (Phi) is 7.23. The van der Waals surface area contributed by atoms with E-state index in [4.69, 9.17) is 4.74 Å². The van der Waals surface area contributed by atoms with Gasteiger partial charge < -0.3 is 10.1 Å². The summed E-state index contributed by atoms with van der Waals surface area (Å²) < 4.78 is 32.9. The molecule has 0 radical (unpaired) electrons. The van der Waals surface area contributed by atoms with Crippen molar-refractivity contribution >= 4 is 39.1 Å². The van der Waals surface area contributed by atoms with Crippen LogP contribution in [0.3, 0.4) is 0 Å². The number of pyridine rings is 1. The molecule has 2 N–H and O–H groups in total. The Hall–Kier alpha value is -4.43. The summed E-state index contributed by atoms with van der Waals surface area (Å²) in [5.74, 6) is 0.621. The molecule has 0 aliphatic carbocycles. The molecule has 1 aromatic heterocycles. The van der Waals surface area contributed by atoms with Gasteiger partial charge >= 0.3 is 0 Å². The first kappa shape index (κ1) is 23.7. The number of hydrogen-bond acceptors (Lipinski definition) is 5. The molecule has 4 aromatic rings. The first-order chi connectivity index (χ1) is 16.9. The van der Waals surface area contributed by atoms with Crippen LogP contribution >= 0.6 is 0 Å². The van der Waals surface area contributed by atoms with Gasteiger partial charge in [-0.05, 0) is 65.7 Å². The number of nitrogens with one attached hydrogen (secondary N) is 2. The molecule has 0 unspecified atom stereocenters. The minimum atomic E-state index is -3.81. The van der Waals surface area contributed by atoms with Gasteiger partial charge in [0, 0.05) is 17.5 Å². The summed E-state index contributed by atoms with van der Waals surface area (Å²) in [5.41, 5.74) is 2.51. The zero-order valence-corrected chi connectivity index (χ0v) is 19.7. The Morgan fingerprint density at radius 2 is 1.54 bits per heavy atom. The van der Waals surface area contributed by atoms with E-state index >= 15 is 0 Å². The normalized spacial score (nSPS) is 11.5. The fraction of sp³-hybridized carbons (Fsp3) is 0.0370. The van der Waals surface area contributed by atoms with E-state index in [0.717, 1.165) is 16.9 Å². The minimum absolute atomic E-state index is 0.0539. The van der Waals surface area contributed by atoms with E-state index < -0.39 is 10.0 Å². The number of carbonyl (C=O) groups is 1. The lowest BCUT2D eigenvalue weighted by atomic mass is 10.0. The van der Waals surface area contributed by atoms with Crippen LogP contribution in [0.25, 0.3) is 11.6 Å². The van der Waals surface area contributed by atoms with Gasteiger partial charge in [-0.1, -0.05) is 48.5 Å². The van der Waals surface area contributed by atoms with Crippen LogP contribution in [-0.4, -0.2) is 26.4 Å². The van der Waals surface area contributed by atoms with Crippen LogP contribution in [-0.2, 0) is 14.8 Å². The first-order valence-electron chi connectivity index (χ1n) is 10.7. The van der Waals surface area contributed by atoms with Gasteiger partial charge in [-0.25, -0.2) is 13.4 Å². The fourth-order valence-corrected chi connectivity index (χ4v) is 4.31. The number of sulfonamides is 1. The average Bonchev–Trinajstić information content (AvgIpc) is 2.89. The van der Waals surface area contributed by atoms with E-state index in [2.05, 4.69) is 15.0 Å². The van der Waals surface area contributed by atoms with Crippen molar-refractivity contribution in [1.82, 2.24) is 4.98 Å². The SMILES string of the molecule is COc1ccc(/C=C(\C(=O)Nc2ccc(S(=O)(=O)Nc3ccccn3)cc2)c2ccccc2)cc1. The molecule has 7 nitrogen and oxygen atoms in total. The van der Waals surface area contributed by atoms with E-state index in [1.807, 2.05) is 54.6 Å². The molecular weight excluding hydrogens is 462 g/mol. The van der Waals surface area contributed by atoms with Gasteiger partial charge in [0.05, 0.1) is 12.0 Å². The van der Waals surface area contributed by atoms with Crippen LogP contribution in [0, 0.1) is 0 Å². The Balaban J connectivity index is 1.55. The predicted molar refractivity (Wildman–Crippen MR) is 137 cm³/mol. The van der Waals surface area contributed by atoms with Crippen molar-refractivity contribution in [2.45, 2.75) is 4.90 Å². The highest BCUT2D eigenvalue weighted by Crippen LogP contribution is 2.23. The second-order valence-electron chi connectivity index (χ2n) is 7.50. The molecule has 0 spiro atoms. The number of hydrogen-bond donors (Lipinski definition) is 2. The Labute approximate surface area is 204 Å². The maximum atomic E-state index is 13.2. The second-order valence-corrected chi connectivity index (χ2v) is 9.18. The second kappa shape index (κ2) is 10.7. The molecule has 1 heterocycles. The van der Waals surface area contributed by atoms with Crippen LogP contribution in [0.15, 0.2) is 108 Å². The molecule has 35 heavy (non-hydrogen) atoms. The highest BCUT2D eigenvalue weighted by Gasteiger charge is 2.16. The molecular formula is C27H23N3O4S. The maximum absolute atomic E-state index is 13.2. The first-order valence-corrected chi connectivity index (χ1v) is 12.2. The molecule has 0 aliphatic heterocycles. The van der Waals surface area contributed by atoms with Gasteiger partial charge in [-0.2, -0.15) is 0 Å². The van der Waals surface area contributed by atoms with Crippen molar-refractivity contribution < 1.29 is 17.9 Å². The standard InChI is InChI=1S/C27H23N3O4S/c1-34-23-14-10-20(11-15-23)19-25(21-7-3-2-4-8-21)27(31)29-22-12-16-24(17-13-22)35(32,33)30-26-9-5-6-18-28-26/h2-19H,1H3,(H,28,30)(H,29,31)/b25-19-. The van der Waals surface area contributed by atoms with Gasteiger partial charge in [0.25, 0.3) is 15.9 Å². The summed E-state index contributed by atoms with van der Waals surface area (Å²) in [5, 5.41) is 2.85. The van der Waals surface area contributed by atoms with Crippen molar-refractivity contribution in [2.75, 3.05) is 17.1 Å². The average molecular weight is 486 g/mol. The van der Waals surface area contributed by atoms with Gasteiger partial charge in [-0.15, -0.1) is 0 Å². The summed E-state index contributed by atoms with van der Waals surface area (Å²) >= 11 is 0. The number of anilines is 2. The van der Waals surface area contributed by atoms with Gasteiger partial charge in [0.2, 0.25) is 0 Å². The molecule has 4 rings (SSSR count). The molecule has 0 bridgehead atoms. The highest BCUT2D eigenvalue weighted by molar-refractivity contribution is 7.92. The molecule has 3 aromatic carbocycles. The zero-order chi connectivity index (χ0) is 24.7. The van der Waals surface area contributed by atoms with Crippen molar-refractivity contribution in [1.29, 1.82) is 0 Å². The van der Waals surface area contributed by atoms with Crippen molar-refractivity contribution in [3.05, 3.63) is 114 Å². The van der Waals surface area contributed by atoms with Crippen LogP contribution in [0.5, 0.6) is 5.75 Å². The minimum Gasteiger partial charge on any atom is -0.497 e. The maximum Gasteiger partial charge on any atom is 0.263 e. The topological polar surface area (TPSA) is 97.4 Å². The lowest BCUT2D eigenvalue weighted by Crippen LogP contribution is -2.15. The number of amides is 1. The lowest BCUT2D eigenvalue weighted by Gasteiger charge is -2.11. The van der Waals surface area contributed by atoms with E-state index in [1.165, 1.54) is 18.3 Å². The lowest BCUT2D eigenvalue weighted by molar-refractivity contribution is -0.111. The molecule has 176 valence electrons. The zero-order valence-electron chi connectivity index (χ0n) is 18.9. The highest BCUT2D eigenvalue weighted by atomic mass is 32.2. The van der Waals surface area contributed by atoms with Gasteiger partial charge in [-0.3, -0.25) is 9.52 Å². The Bertz CT molecular complexity index is 1420. The number of aromatic nitrogens is 1. The predicted octanol–water partition coefficient (Wildman–Crippen LogP) is 5.07. The molecule has 1 amide bonds. The number of ether oxygens (including phenoxy) is 1. The number of rotatable bonds is 8. The number of carbonyl (C=O) groups excluding carboxylic acids is 1. The Morgan fingerprint density at radius 1 is 0.857 bits per heavy atom. The molecule has 8 heteroatoms. The summed E-state index contributed by atoms with van der Waals surface area (Å²) in [4.78, 5) is 17.3. The van der Waals surface area contributed by atoms with Gasteiger partial charge in [0.1, 0.15) is 11.6 Å². The summed E-state index contributed by atoms with van der Waals surface area (Å²) in [6.07, 6.45) is 3.29. The number of benzene rings is 3. The summed E-state index contributed by atoms with van der Waals surface area (Å²) in [6.45, 7) is 0. The van der Waals surface area contributed by atoms with Gasteiger partial charge in [0.15, 0.2) is 0 Å². The quantitative estimate of drug-likeness (QED) is 0.268. The monoisotopic (exact) mass is 485 g/mol. The molecule has 0 saturated heterocycles. The third kappa shape index (κ3) is 6.13. The third-order valence-electron chi connectivity index (χ3n) is 5.08. The van der Waals surface area contributed by atoms with Crippen molar-refractivity contribution in [2.24, 2.45) is 0 Å². The van der Waals surface area contributed by atoms with Crippen molar-refractivity contribution in [3.8, 4) is 5.75 Å². The molecule has 0 saturated carbocycles. The number of methoxy groups -OCH3 is 1.